The van der Waals surface area contributed by atoms with E-state index in [1.165, 1.54) is 6.42 Å². The molecule has 2 rings (SSSR count). The molecule has 0 saturated heterocycles. The second-order valence-corrected chi connectivity index (χ2v) is 4.87. The van der Waals surface area contributed by atoms with Crippen LogP contribution in [0.1, 0.15) is 38.8 Å². The lowest BCUT2D eigenvalue weighted by Crippen LogP contribution is -2.42. The summed E-state index contributed by atoms with van der Waals surface area (Å²) in [4.78, 5) is 4.58. The fourth-order valence-corrected chi connectivity index (χ4v) is 2.19. The van der Waals surface area contributed by atoms with Crippen molar-refractivity contribution in [3.8, 4) is 5.88 Å². The molecule has 1 saturated carbocycles. The van der Waals surface area contributed by atoms with Crippen molar-refractivity contribution in [1.29, 1.82) is 0 Å². The van der Waals surface area contributed by atoms with Crippen LogP contribution in [0.2, 0.25) is 0 Å². The molecule has 0 unspecified atom stereocenters. The highest BCUT2D eigenvalue weighted by Gasteiger charge is 2.38. The van der Waals surface area contributed by atoms with E-state index in [4.69, 9.17) is 10.5 Å². The molecule has 1 aromatic heterocycles. The average Bonchev–Trinajstić information content (AvgIpc) is 2.16. The van der Waals surface area contributed by atoms with Crippen LogP contribution in [0.15, 0.2) is 18.2 Å². The van der Waals surface area contributed by atoms with Gasteiger partial charge < -0.3 is 10.5 Å². The van der Waals surface area contributed by atoms with Gasteiger partial charge in [0.1, 0.15) is 0 Å². The average molecular weight is 220 g/mol. The zero-order chi connectivity index (χ0) is 11.6. The van der Waals surface area contributed by atoms with Crippen LogP contribution in [0.4, 0.5) is 0 Å². The number of nitrogens with zero attached hydrogens (tertiary/aromatic N) is 1. The summed E-state index contributed by atoms with van der Waals surface area (Å²) in [7, 11) is 0. The van der Waals surface area contributed by atoms with Gasteiger partial charge in [-0.25, -0.2) is 4.98 Å². The van der Waals surface area contributed by atoms with E-state index in [0.717, 1.165) is 18.5 Å². The standard InChI is InChI=1S/C13H20N2O/c1-10(2)16-12-6-3-5-11(15-12)13(9-14)7-4-8-13/h3,5-6,10H,4,7-9,14H2,1-2H3. The molecule has 1 heterocycles. The molecule has 88 valence electrons. The van der Waals surface area contributed by atoms with Crippen molar-refractivity contribution in [2.45, 2.75) is 44.6 Å². The monoisotopic (exact) mass is 220 g/mol. The molecule has 0 aliphatic heterocycles. The maximum atomic E-state index is 5.87. The zero-order valence-electron chi connectivity index (χ0n) is 10.1. The Hall–Kier alpha value is -1.09. The smallest absolute Gasteiger partial charge is 0.213 e. The van der Waals surface area contributed by atoms with Gasteiger partial charge in [-0.2, -0.15) is 0 Å². The van der Waals surface area contributed by atoms with Gasteiger partial charge in [0.25, 0.3) is 0 Å². The molecule has 1 aromatic rings. The van der Waals surface area contributed by atoms with Crippen LogP contribution in [0.5, 0.6) is 5.88 Å². The van der Waals surface area contributed by atoms with Crippen molar-refractivity contribution in [2.75, 3.05) is 6.54 Å². The summed E-state index contributed by atoms with van der Waals surface area (Å²) >= 11 is 0. The Morgan fingerprint density at radius 2 is 2.19 bits per heavy atom. The van der Waals surface area contributed by atoms with E-state index in [-0.39, 0.29) is 11.5 Å². The van der Waals surface area contributed by atoms with Crippen LogP contribution in [0.3, 0.4) is 0 Å². The molecule has 0 radical (unpaired) electrons. The van der Waals surface area contributed by atoms with E-state index in [0.29, 0.717) is 12.4 Å². The minimum atomic E-state index is 0.121. The van der Waals surface area contributed by atoms with Crippen molar-refractivity contribution in [1.82, 2.24) is 4.98 Å². The lowest BCUT2D eigenvalue weighted by atomic mass is 9.66. The van der Waals surface area contributed by atoms with E-state index >= 15 is 0 Å². The van der Waals surface area contributed by atoms with Gasteiger partial charge in [0.2, 0.25) is 5.88 Å². The highest BCUT2D eigenvalue weighted by Crippen LogP contribution is 2.42. The maximum Gasteiger partial charge on any atom is 0.213 e. The van der Waals surface area contributed by atoms with Crippen molar-refractivity contribution < 1.29 is 4.74 Å². The van der Waals surface area contributed by atoms with Crippen molar-refractivity contribution in [2.24, 2.45) is 5.73 Å². The molecule has 1 fully saturated rings. The highest BCUT2D eigenvalue weighted by molar-refractivity contribution is 5.25. The third kappa shape index (κ3) is 2.05. The third-order valence-electron chi connectivity index (χ3n) is 3.32. The summed E-state index contributed by atoms with van der Waals surface area (Å²) < 4.78 is 5.61. The van der Waals surface area contributed by atoms with Crippen LogP contribution in [0.25, 0.3) is 0 Å². The molecule has 3 heteroatoms. The van der Waals surface area contributed by atoms with Gasteiger partial charge in [-0.1, -0.05) is 12.5 Å². The molecule has 1 aliphatic carbocycles. The first kappa shape index (κ1) is 11.4. The first-order valence-corrected chi connectivity index (χ1v) is 6.00. The van der Waals surface area contributed by atoms with E-state index < -0.39 is 0 Å². The van der Waals surface area contributed by atoms with Crippen LogP contribution in [-0.2, 0) is 5.41 Å². The van der Waals surface area contributed by atoms with Gasteiger partial charge in [0.15, 0.2) is 0 Å². The number of rotatable bonds is 4. The van der Waals surface area contributed by atoms with Gasteiger partial charge >= 0.3 is 0 Å². The molecule has 3 nitrogen and oxygen atoms in total. The molecule has 0 aromatic carbocycles. The van der Waals surface area contributed by atoms with Crippen molar-refractivity contribution in [3.05, 3.63) is 23.9 Å². The SMILES string of the molecule is CC(C)Oc1cccc(C2(CN)CCC2)n1. The maximum absolute atomic E-state index is 5.87. The number of pyridine rings is 1. The summed E-state index contributed by atoms with van der Waals surface area (Å²) in [6, 6.07) is 5.99. The molecule has 0 amide bonds. The largest absolute Gasteiger partial charge is 0.475 e. The van der Waals surface area contributed by atoms with E-state index in [2.05, 4.69) is 11.1 Å². The summed E-state index contributed by atoms with van der Waals surface area (Å²) in [6.07, 6.45) is 3.73. The molecule has 16 heavy (non-hydrogen) atoms. The molecule has 1 aliphatic rings. The number of hydrogen-bond acceptors (Lipinski definition) is 3. The Bertz CT molecular complexity index is 353. The fourth-order valence-electron chi connectivity index (χ4n) is 2.19. The third-order valence-corrected chi connectivity index (χ3v) is 3.32. The summed E-state index contributed by atoms with van der Waals surface area (Å²) in [5, 5.41) is 0. The normalized spacial score (nSPS) is 18.2. The number of hydrogen-bond donors (Lipinski definition) is 1. The van der Waals surface area contributed by atoms with Crippen molar-refractivity contribution in [3.63, 3.8) is 0 Å². The minimum Gasteiger partial charge on any atom is -0.475 e. The number of nitrogens with two attached hydrogens (primary N) is 1. The molecule has 0 atom stereocenters. The summed E-state index contributed by atoms with van der Waals surface area (Å²) in [6.45, 7) is 4.71. The summed E-state index contributed by atoms with van der Waals surface area (Å²) in [5.74, 6) is 0.715. The van der Waals surface area contributed by atoms with Crippen LogP contribution < -0.4 is 10.5 Å². The lowest BCUT2D eigenvalue weighted by molar-refractivity contribution is 0.219. The molecule has 0 spiro atoms. The summed E-state index contributed by atoms with van der Waals surface area (Å²) in [5.41, 5.74) is 7.09. The zero-order valence-corrected chi connectivity index (χ0v) is 10.1. The highest BCUT2D eigenvalue weighted by atomic mass is 16.5. The number of aromatic nitrogens is 1. The number of ether oxygens (including phenoxy) is 1. The molecule has 2 N–H and O–H groups in total. The Balaban J connectivity index is 2.21. The van der Waals surface area contributed by atoms with Crippen molar-refractivity contribution >= 4 is 0 Å². The lowest BCUT2D eigenvalue weighted by Gasteiger charge is -2.40. The Labute approximate surface area is 97.0 Å². The van der Waals surface area contributed by atoms with E-state index in [1.807, 2.05) is 26.0 Å². The quantitative estimate of drug-likeness (QED) is 0.846. The van der Waals surface area contributed by atoms with Gasteiger partial charge in [-0.05, 0) is 32.8 Å². The molecule has 0 bridgehead atoms. The van der Waals surface area contributed by atoms with Gasteiger partial charge in [0, 0.05) is 18.0 Å². The Kier molecular flexibility index (Phi) is 3.15. The topological polar surface area (TPSA) is 48.1 Å². The Morgan fingerprint density at radius 1 is 1.44 bits per heavy atom. The van der Waals surface area contributed by atoms with Gasteiger partial charge in [0.05, 0.1) is 11.8 Å². The van der Waals surface area contributed by atoms with E-state index in [1.54, 1.807) is 0 Å². The van der Waals surface area contributed by atoms with Gasteiger partial charge in [-0.15, -0.1) is 0 Å². The van der Waals surface area contributed by atoms with Gasteiger partial charge in [-0.3, -0.25) is 0 Å². The van der Waals surface area contributed by atoms with Crippen LogP contribution in [0, 0.1) is 0 Å². The Morgan fingerprint density at radius 3 is 2.69 bits per heavy atom. The predicted molar refractivity (Wildman–Crippen MR) is 64.6 cm³/mol. The molecular weight excluding hydrogens is 200 g/mol. The second kappa shape index (κ2) is 4.42. The predicted octanol–water partition coefficient (Wildman–Crippen LogP) is 2.25. The van der Waals surface area contributed by atoms with Crippen LogP contribution >= 0.6 is 0 Å². The molecular formula is C13H20N2O. The van der Waals surface area contributed by atoms with Crippen LogP contribution in [-0.4, -0.2) is 17.6 Å². The second-order valence-electron chi connectivity index (χ2n) is 4.87. The fraction of sp³-hybridized carbons (Fsp3) is 0.615. The first-order valence-electron chi connectivity index (χ1n) is 6.00. The minimum absolute atomic E-state index is 0.121. The van der Waals surface area contributed by atoms with E-state index in [9.17, 15) is 0 Å². The first-order chi connectivity index (χ1) is 7.66.